The van der Waals surface area contributed by atoms with Crippen LogP contribution < -0.4 is 0 Å². The summed E-state index contributed by atoms with van der Waals surface area (Å²) in [6, 6.07) is -0.0456. The van der Waals surface area contributed by atoms with Crippen LogP contribution >= 0.6 is 11.8 Å². The van der Waals surface area contributed by atoms with Crippen molar-refractivity contribution in [3.8, 4) is 0 Å². The second-order valence-electron chi connectivity index (χ2n) is 8.28. The number of esters is 1. The van der Waals surface area contributed by atoms with E-state index in [1.54, 1.807) is 39.5 Å². The number of thioether (sulfide) groups is 1. The van der Waals surface area contributed by atoms with Crippen LogP contribution in [0.4, 0.5) is 0 Å². The number of hydrogen-bond donors (Lipinski definition) is 0. The number of nitrogens with zero attached hydrogens (tertiary/aromatic N) is 1. The Balaban J connectivity index is 2.27. The molecule has 26 heavy (non-hydrogen) atoms. The topological polar surface area (TPSA) is 80.8 Å². The number of amides is 1. The minimum Gasteiger partial charge on any atom is -0.459 e. The number of Topliss-reactive ketones (excluding diaryl/α,β-unsaturated/α-hetero) is 1. The first kappa shape index (κ1) is 20.9. The maximum absolute atomic E-state index is 13.4. The summed E-state index contributed by atoms with van der Waals surface area (Å²) >= 11 is 0.812. The van der Waals surface area contributed by atoms with E-state index in [2.05, 4.69) is 0 Å². The zero-order valence-corrected chi connectivity index (χ0v) is 17.1. The summed E-state index contributed by atoms with van der Waals surface area (Å²) in [6.45, 7) is 8.67. The lowest BCUT2D eigenvalue weighted by Crippen LogP contribution is -2.53. The lowest BCUT2D eigenvalue weighted by atomic mass is 9.86. The summed E-state index contributed by atoms with van der Waals surface area (Å²) in [5, 5.41) is -0.559. The average Bonchev–Trinajstić information content (AvgIpc) is 3.11. The van der Waals surface area contributed by atoms with Crippen LogP contribution in [0.1, 0.15) is 66.7 Å². The van der Waals surface area contributed by atoms with Gasteiger partial charge in [0.1, 0.15) is 16.9 Å². The van der Waals surface area contributed by atoms with Gasteiger partial charge in [0.25, 0.3) is 5.12 Å². The van der Waals surface area contributed by atoms with Crippen molar-refractivity contribution in [3.63, 3.8) is 0 Å². The Kier molecular flexibility index (Phi) is 6.20. The summed E-state index contributed by atoms with van der Waals surface area (Å²) in [5.41, 5.74) is -0.634. The highest BCUT2D eigenvalue weighted by molar-refractivity contribution is 8.17. The molecule has 2 unspecified atom stereocenters. The minimum absolute atomic E-state index is 0.0456. The van der Waals surface area contributed by atoms with Crippen LogP contribution in [-0.2, 0) is 23.9 Å². The highest BCUT2D eigenvalue weighted by Gasteiger charge is 2.56. The Morgan fingerprint density at radius 2 is 1.81 bits per heavy atom. The van der Waals surface area contributed by atoms with Gasteiger partial charge in [0.2, 0.25) is 11.7 Å². The summed E-state index contributed by atoms with van der Waals surface area (Å²) in [5.74, 6) is -1.90. The molecule has 1 aliphatic carbocycles. The number of ketones is 1. The molecule has 7 heteroatoms. The summed E-state index contributed by atoms with van der Waals surface area (Å²) < 4.78 is 4.25. The fourth-order valence-electron chi connectivity index (χ4n) is 3.85. The fourth-order valence-corrected chi connectivity index (χ4v) is 5.10. The standard InChI is InChI=1S/C19H29NO5S/c1-6-13-15(22)16(23)26-19(13,5)17(24)20(12-9-7-8-10-12)11-14(21)25-18(2,3)4/h12-13H,6-11H2,1-5H3. The van der Waals surface area contributed by atoms with Crippen LogP contribution in [0, 0.1) is 5.92 Å². The van der Waals surface area contributed by atoms with Gasteiger partial charge in [0.15, 0.2) is 0 Å². The van der Waals surface area contributed by atoms with Gasteiger partial charge in [-0.1, -0.05) is 31.5 Å². The molecule has 0 spiro atoms. The molecule has 0 aromatic carbocycles. The van der Waals surface area contributed by atoms with E-state index in [-0.39, 0.29) is 18.5 Å². The van der Waals surface area contributed by atoms with Gasteiger partial charge in [-0.3, -0.25) is 19.2 Å². The van der Waals surface area contributed by atoms with E-state index in [1.807, 2.05) is 0 Å². The van der Waals surface area contributed by atoms with Gasteiger partial charge in [0.05, 0.1) is 0 Å². The van der Waals surface area contributed by atoms with Crippen molar-refractivity contribution >= 4 is 34.5 Å². The van der Waals surface area contributed by atoms with Crippen LogP contribution in [0.5, 0.6) is 0 Å². The third-order valence-electron chi connectivity index (χ3n) is 5.07. The maximum atomic E-state index is 13.4. The molecule has 2 fully saturated rings. The Hall–Kier alpha value is -1.37. The van der Waals surface area contributed by atoms with Gasteiger partial charge in [-0.15, -0.1) is 0 Å². The molecule has 0 radical (unpaired) electrons. The van der Waals surface area contributed by atoms with E-state index in [0.717, 1.165) is 37.4 Å². The van der Waals surface area contributed by atoms with Gasteiger partial charge < -0.3 is 9.64 Å². The lowest BCUT2D eigenvalue weighted by Gasteiger charge is -2.37. The highest BCUT2D eigenvalue weighted by Crippen LogP contribution is 2.45. The van der Waals surface area contributed by atoms with Crippen LogP contribution in [0.25, 0.3) is 0 Å². The third kappa shape index (κ3) is 4.30. The van der Waals surface area contributed by atoms with E-state index in [0.29, 0.717) is 6.42 Å². The first-order valence-corrected chi connectivity index (χ1v) is 10.1. The minimum atomic E-state index is -1.15. The Labute approximate surface area is 159 Å². The zero-order chi connectivity index (χ0) is 19.7. The van der Waals surface area contributed by atoms with Gasteiger partial charge in [-0.25, -0.2) is 0 Å². The molecular formula is C19H29NO5S. The van der Waals surface area contributed by atoms with Crippen molar-refractivity contribution in [2.75, 3.05) is 6.54 Å². The Morgan fingerprint density at radius 3 is 2.31 bits per heavy atom. The normalized spacial score (nSPS) is 27.0. The monoisotopic (exact) mass is 383 g/mol. The van der Waals surface area contributed by atoms with Crippen molar-refractivity contribution in [2.24, 2.45) is 5.92 Å². The number of carbonyl (C=O) groups is 4. The molecule has 0 aromatic heterocycles. The van der Waals surface area contributed by atoms with Crippen molar-refractivity contribution < 1.29 is 23.9 Å². The predicted molar refractivity (Wildman–Crippen MR) is 99.6 cm³/mol. The first-order chi connectivity index (χ1) is 12.0. The van der Waals surface area contributed by atoms with Crippen LogP contribution in [-0.4, -0.2) is 50.6 Å². The first-order valence-electron chi connectivity index (χ1n) is 9.29. The SMILES string of the molecule is CCC1C(=O)C(=O)SC1(C)C(=O)N(CC(=O)OC(C)(C)C)C1CCCC1. The molecule has 0 bridgehead atoms. The van der Waals surface area contributed by atoms with Crippen LogP contribution in [0.2, 0.25) is 0 Å². The molecule has 1 aliphatic heterocycles. The van der Waals surface area contributed by atoms with Crippen LogP contribution in [0.15, 0.2) is 0 Å². The molecule has 0 aromatic rings. The van der Waals surface area contributed by atoms with E-state index in [1.165, 1.54) is 0 Å². The second kappa shape index (κ2) is 7.71. The largest absolute Gasteiger partial charge is 0.459 e. The van der Waals surface area contributed by atoms with Crippen molar-refractivity contribution in [1.29, 1.82) is 0 Å². The van der Waals surface area contributed by atoms with Crippen LogP contribution in [0.3, 0.4) is 0 Å². The average molecular weight is 384 g/mol. The summed E-state index contributed by atoms with van der Waals surface area (Å²) in [6.07, 6.45) is 4.08. The van der Waals surface area contributed by atoms with E-state index < -0.39 is 33.1 Å². The number of ether oxygens (including phenoxy) is 1. The quantitative estimate of drug-likeness (QED) is 0.536. The summed E-state index contributed by atoms with van der Waals surface area (Å²) in [7, 11) is 0. The molecule has 0 N–H and O–H groups in total. The second-order valence-corrected chi connectivity index (χ2v) is 9.70. The lowest BCUT2D eigenvalue weighted by molar-refractivity contribution is -0.160. The number of rotatable bonds is 5. The molecule has 2 rings (SSSR count). The molecule has 1 heterocycles. The van der Waals surface area contributed by atoms with E-state index >= 15 is 0 Å². The highest BCUT2D eigenvalue weighted by atomic mass is 32.2. The zero-order valence-electron chi connectivity index (χ0n) is 16.3. The Morgan fingerprint density at radius 1 is 1.23 bits per heavy atom. The molecule has 1 saturated carbocycles. The molecule has 2 aliphatic rings. The van der Waals surface area contributed by atoms with Gasteiger partial charge in [-0.05, 0) is 47.0 Å². The Bertz CT molecular complexity index is 606. The van der Waals surface area contributed by atoms with Gasteiger partial charge in [-0.2, -0.15) is 0 Å². The van der Waals surface area contributed by atoms with Gasteiger partial charge >= 0.3 is 5.97 Å². The number of carbonyl (C=O) groups excluding carboxylic acids is 4. The predicted octanol–water partition coefficient (Wildman–Crippen LogP) is 2.73. The molecule has 6 nitrogen and oxygen atoms in total. The van der Waals surface area contributed by atoms with Crippen molar-refractivity contribution in [1.82, 2.24) is 4.90 Å². The third-order valence-corrected chi connectivity index (χ3v) is 6.34. The van der Waals surface area contributed by atoms with Crippen molar-refractivity contribution in [3.05, 3.63) is 0 Å². The fraction of sp³-hybridized carbons (Fsp3) is 0.789. The summed E-state index contributed by atoms with van der Waals surface area (Å²) in [4.78, 5) is 51.5. The van der Waals surface area contributed by atoms with Crippen molar-refractivity contribution in [2.45, 2.75) is 83.1 Å². The molecule has 2 atom stereocenters. The van der Waals surface area contributed by atoms with E-state index in [4.69, 9.17) is 4.74 Å². The number of hydrogen-bond acceptors (Lipinski definition) is 6. The molecular weight excluding hydrogens is 354 g/mol. The van der Waals surface area contributed by atoms with Gasteiger partial charge in [0, 0.05) is 12.0 Å². The maximum Gasteiger partial charge on any atom is 0.326 e. The smallest absolute Gasteiger partial charge is 0.326 e. The molecule has 1 amide bonds. The molecule has 146 valence electrons. The van der Waals surface area contributed by atoms with E-state index in [9.17, 15) is 19.2 Å². The molecule has 1 saturated heterocycles.